The molecule has 0 aromatic carbocycles. The highest BCUT2D eigenvalue weighted by Gasteiger charge is 2.34. The molecule has 0 aliphatic heterocycles. The Kier molecular flexibility index (Phi) is 7.54. The summed E-state index contributed by atoms with van der Waals surface area (Å²) < 4.78 is 0. The molecule has 2 amide bonds. The summed E-state index contributed by atoms with van der Waals surface area (Å²) in [7, 11) is 0. The van der Waals surface area contributed by atoms with E-state index in [0.29, 0.717) is 6.54 Å². The molecule has 3 N–H and O–H groups in total. The van der Waals surface area contributed by atoms with Crippen LogP contribution >= 0.6 is 0 Å². The molecular formula is C16H30N2O3. The van der Waals surface area contributed by atoms with Gasteiger partial charge in [-0.3, -0.25) is 4.79 Å². The van der Waals surface area contributed by atoms with Crippen LogP contribution in [-0.4, -0.2) is 29.7 Å². The maximum atomic E-state index is 11.9. The molecule has 122 valence electrons. The molecule has 1 atom stereocenters. The highest BCUT2D eigenvalue weighted by Crippen LogP contribution is 2.38. The van der Waals surface area contributed by atoms with Crippen molar-refractivity contribution in [2.24, 2.45) is 5.41 Å². The van der Waals surface area contributed by atoms with Crippen LogP contribution in [-0.2, 0) is 4.79 Å². The number of amides is 2. The van der Waals surface area contributed by atoms with Crippen molar-refractivity contribution in [1.29, 1.82) is 0 Å². The molecule has 0 radical (unpaired) electrons. The second kappa shape index (κ2) is 8.90. The Bertz CT molecular complexity index is 338. The molecule has 1 unspecified atom stereocenters. The van der Waals surface area contributed by atoms with Crippen LogP contribution in [0.15, 0.2) is 0 Å². The van der Waals surface area contributed by atoms with Crippen LogP contribution < -0.4 is 10.6 Å². The van der Waals surface area contributed by atoms with E-state index in [-0.39, 0.29) is 23.9 Å². The maximum absolute atomic E-state index is 11.9. The Morgan fingerprint density at radius 2 is 1.90 bits per heavy atom. The van der Waals surface area contributed by atoms with Crippen molar-refractivity contribution in [2.45, 2.75) is 77.7 Å². The lowest BCUT2D eigenvalue weighted by molar-refractivity contribution is -0.140. The number of aliphatic carboxylic acids is 1. The summed E-state index contributed by atoms with van der Waals surface area (Å²) in [4.78, 5) is 23.0. The van der Waals surface area contributed by atoms with Gasteiger partial charge in [0.05, 0.1) is 6.42 Å². The summed E-state index contributed by atoms with van der Waals surface area (Å²) in [5.41, 5.74) is -0.256. The van der Waals surface area contributed by atoms with Crippen LogP contribution in [0.4, 0.5) is 4.79 Å². The van der Waals surface area contributed by atoms with Crippen LogP contribution in [0, 0.1) is 5.41 Å². The van der Waals surface area contributed by atoms with Crippen molar-refractivity contribution < 1.29 is 14.7 Å². The van der Waals surface area contributed by atoms with Gasteiger partial charge >= 0.3 is 12.0 Å². The highest BCUT2D eigenvalue weighted by molar-refractivity contribution is 5.74. The molecule has 0 spiro atoms. The molecule has 0 bridgehead atoms. The number of rotatable bonds is 8. The van der Waals surface area contributed by atoms with E-state index in [1.165, 1.54) is 6.42 Å². The Balaban J connectivity index is 2.41. The van der Waals surface area contributed by atoms with Gasteiger partial charge in [0.15, 0.2) is 0 Å². The normalized spacial score (nSPS) is 18.8. The van der Waals surface area contributed by atoms with E-state index in [1.807, 2.05) is 6.92 Å². The fourth-order valence-corrected chi connectivity index (χ4v) is 3.16. The van der Waals surface area contributed by atoms with E-state index >= 15 is 0 Å². The number of carboxylic acids is 1. The SMILES string of the molecule is CCCCC(C)NC(=O)NCC1(CC(=O)O)CCCCC1. The lowest BCUT2D eigenvalue weighted by Gasteiger charge is -2.36. The molecule has 5 nitrogen and oxygen atoms in total. The minimum Gasteiger partial charge on any atom is -0.481 e. The standard InChI is InChI=1S/C16H30N2O3/c1-3-4-8-13(2)18-15(21)17-12-16(11-14(19)20)9-6-5-7-10-16/h13H,3-12H2,1-2H3,(H,19,20)(H2,17,18,21). The lowest BCUT2D eigenvalue weighted by Crippen LogP contribution is -2.46. The van der Waals surface area contributed by atoms with Crippen molar-refractivity contribution in [2.75, 3.05) is 6.54 Å². The van der Waals surface area contributed by atoms with Gasteiger partial charge in [0.1, 0.15) is 0 Å². The van der Waals surface area contributed by atoms with E-state index < -0.39 is 5.97 Å². The van der Waals surface area contributed by atoms with E-state index in [4.69, 9.17) is 5.11 Å². The first-order valence-corrected chi connectivity index (χ1v) is 8.23. The molecule has 0 heterocycles. The molecule has 0 aromatic rings. The predicted molar refractivity (Wildman–Crippen MR) is 83.3 cm³/mol. The third kappa shape index (κ3) is 6.82. The topological polar surface area (TPSA) is 78.4 Å². The van der Waals surface area contributed by atoms with Crippen molar-refractivity contribution in [3.8, 4) is 0 Å². The molecule has 0 aromatic heterocycles. The van der Waals surface area contributed by atoms with E-state index in [1.54, 1.807) is 0 Å². The Labute approximate surface area is 127 Å². The van der Waals surface area contributed by atoms with Gasteiger partial charge < -0.3 is 15.7 Å². The fourth-order valence-electron chi connectivity index (χ4n) is 3.16. The first-order valence-electron chi connectivity index (χ1n) is 8.23. The molecule has 1 rings (SSSR count). The van der Waals surface area contributed by atoms with Crippen LogP contribution in [0.25, 0.3) is 0 Å². The summed E-state index contributed by atoms with van der Waals surface area (Å²) in [5, 5.41) is 14.9. The number of unbranched alkanes of at least 4 members (excludes halogenated alkanes) is 1. The molecule has 1 aliphatic rings. The van der Waals surface area contributed by atoms with Crippen LogP contribution in [0.1, 0.15) is 71.6 Å². The number of carbonyl (C=O) groups is 2. The van der Waals surface area contributed by atoms with Gasteiger partial charge in [0, 0.05) is 12.6 Å². The number of hydrogen-bond acceptors (Lipinski definition) is 2. The van der Waals surface area contributed by atoms with Gasteiger partial charge in [-0.25, -0.2) is 4.79 Å². The van der Waals surface area contributed by atoms with E-state index in [0.717, 1.165) is 44.9 Å². The summed E-state index contributed by atoms with van der Waals surface area (Å²) in [6, 6.07) is -0.0133. The number of nitrogens with one attached hydrogen (secondary N) is 2. The number of urea groups is 1. The van der Waals surface area contributed by atoms with Crippen LogP contribution in [0.3, 0.4) is 0 Å². The third-order valence-corrected chi connectivity index (χ3v) is 4.43. The van der Waals surface area contributed by atoms with E-state index in [2.05, 4.69) is 17.6 Å². The molecule has 5 heteroatoms. The molecule has 1 saturated carbocycles. The smallest absolute Gasteiger partial charge is 0.315 e. The number of hydrogen-bond donors (Lipinski definition) is 3. The lowest BCUT2D eigenvalue weighted by atomic mass is 9.72. The minimum atomic E-state index is -0.768. The van der Waals surface area contributed by atoms with Crippen LogP contribution in [0.5, 0.6) is 0 Å². The molecule has 1 aliphatic carbocycles. The Morgan fingerprint density at radius 1 is 1.24 bits per heavy atom. The zero-order chi connectivity index (χ0) is 15.7. The Hall–Kier alpha value is -1.26. The first-order chi connectivity index (χ1) is 9.97. The molecular weight excluding hydrogens is 268 g/mol. The summed E-state index contributed by atoms with van der Waals surface area (Å²) in [5.74, 6) is -0.768. The summed E-state index contributed by atoms with van der Waals surface area (Å²) >= 11 is 0. The quantitative estimate of drug-likeness (QED) is 0.643. The van der Waals surface area contributed by atoms with Gasteiger partial charge in [-0.05, 0) is 31.6 Å². The molecule has 21 heavy (non-hydrogen) atoms. The van der Waals surface area contributed by atoms with E-state index in [9.17, 15) is 9.59 Å². The maximum Gasteiger partial charge on any atom is 0.315 e. The van der Waals surface area contributed by atoms with Crippen molar-refractivity contribution in [3.63, 3.8) is 0 Å². The minimum absolute atomic E-state index is 0.151. The Morgan fingerprint density at radius 3 is 2.48 bits per heavy atom. The van der Waals surface area contributed by atoms with Crippen molar-refractivity contribution >= 4 is 12.0 Å². The molecule has 0 saturated heterocycles. The summed E-state index contributed by atoms with van der Waals surface area (Å²) in [6.45, 7) is 4.60. The van der Waals surface area contributed by atoms with Gasteiger partial charge in [-0.2, -0.15) is 0 Å². The number of carbonyl (C=O) groups excluding carboxylic acids is 1. The second-order valence-corrected chi connectivity index (χ2v) is 6.50. The average molecular weight is 298 g/mol. The monoisotopic (exact) mass is 298 g/mol. The van der Waals surface area contributed by atoms with Gasteiger partial charge in [0.2, 0.25) is 0 Å². The van der Waals surface area contributed by atoms with Crippen molar-refractivity contribution in [1.82, 2.24) is 10.6 Å². The highest BCUT2D eigenvalue weighted by atomic mass is 16.4. The zero-order valence-electron chi connectivity index (χ0n) is 13.4. The summed E-state index contributed by atoms with van der Waals surface area (Å²) in [6.07, 6.45) is 8.42. The fraction of sp³-hybridized carbons (Fsp3) is 0.875. The molecule has 1 fully saturated rings. The zero-order valence-corrected chi connectivity index (χ0v) is 13.4. The largest absolute Gasteiger partial charge is 0.481 e. The number of carboxylic acid groups (broad SMARTS) is 1. The van der Waals surface area contributed by atoms with Crippen LogP contribution in [0.2, 0.25) is 0 Å². The van der Waals surface area contributed by atoms with Gasteiger partial charge in [-0.1, -0.05) is 39.0 Å². The van der Waals surface area contributed by atoms with Crippen molar-refractivity contribution in [3.05, 3.63) is 0 Å². The average Bonchev–Trinajstić information content (AvgIpc) is 2.43. The second-order valence-electron chi connectivity index (χ2n) is 6.50. The van der Waals surface area contributed by atoms with Gasteiger partial charge in [0.25, 0.3) is 0 Å². The predicted octanol–water partition coefficient (Wildman–Crippen LogP) is 3.29. The third-order valence-electron chi connectivity index (χ3n) is 4.43. The van der Waals surface area contributed by atoms with Gasteiger partial charge in [-0.15, -0.1) is 0 Å². The first kappa shape index (κ1) is 17.8.